The number of para-hydroxylation sites is 1. The molecule has 2 aromatic heterocycles. The van der Waals surface area contributed by atoms with E-state index in [4.69, 9.17) is 35.5 Å². The van der Waals surface area contributed by atoms with E-state index in [2.05, 4.69) is 0 Å². The molecule has 2 amide bonds. The van der Waals surface area contributed by atoms with Gasteiger partial charge in [0.1, 0.15) is 13.1 Å². The number of pyridine rings is 2. The lowest BCUT2D eigenvalue weighted by Gasteiger charge is -2.39. The molecule has 0 spiro atoms. The average Bonchev–Trinajstić information content (AvgIpc) is 0.734. The lowest BCUT2D eigenvalue weighted by molar-refractivity contribution is -0.138. The molecular formula is C81H78F10N6O6S2. The molecule has 10 aromatic rings. The third kappa shape index (κ3) is 19.5. The van der Waals surface area contributed by atoms with Crippen LogP contribution in [0.1, 0.15) is 90.7 Å². The summed E-state index contributed by atoms with van der Waals surface area (Å²) >= 11 is 1.50. The maximum atomic E-state index is 15.3. The summed E-state index contributed by atoms with van der Waals surface area (Å²) in [5.74, 6) is -7.50. The maximum Gasteiger partial charge on any atom is 0.416 e. The number of thioether (sulfide) groups is 2. The van der Waals surface area contributed by atoms with Crippen molar-refractivity contribution in [3.8, 4) is 22.3 Å². The fraction of sp³-hybridized carbons (Fsp3) is 0.309. The van der Waals surface area contributed by atoms with Crippen molar-refractivity contribution in [2.45, 2.75) is 105 Å². The first-order valence-electron chi connectivity index (χ1n) is 42.2. The van der Waals surface area contributed by atoms with Crippen LogP contribution in [0.25, 0.3) is 44.1 Å². The number of rotatable bonds is 24. The Morgan fingerprint density at radius 3 is 1.63 bits per heavy atom. The van der Waals surface area contributed by atoms with Crippen LogP contribution in [0.3, 0.4) is 0 Å². The van der Waals surface area contributed by atoms with E-state index in [1.54, 1.807) is 50.8 Å². The van der Waals surface area contributed by atoms with Crippen molar-refractivity contribution in [3.63, 3.8) is 0 Å². The SMILES string of the molecule is [2H]C([2H])(COC)N1CCC(N(Cc2ccc(-c3ccc(C(F)(F)F)cc3)cc2)C(=O)Cn2c(SCc3cccc(F)c3F)cc(=O)c3ccccc32)CC1.[2H]c1c([2H])c(F)c(F)c(CSc2c([2H])c(=O)c3c([2H])c(C)c([2H])c([2H])c3n2CC(=O)N(Cc2c([2H])c([2H])c(-c3c([2H])c([2H])c(C(F)(F)F)c([2H])c3[2H])c([2H])c2[2H])C2CCN(C([2H])([2H])COC)CC2)c1[2H]. The van der Waals surface area contributed by atoms with E-state index < -0.39 is 225 Å². The summed E-state index contributed by atoms with van der Waals surface area (Å²) in [6.45, 7) is -4.04. The molecule has 24 heteroatoms. The van der Waals surface area contributed by atoms with E-state index in [0.717, 1.165) is 45.0 Å². The lowest BCUT2D eigenvalue weighted by atomic mass is 10.00. The molecule has 0 N–H and O–H groups in total. The minimum Gasteiger partial charge on any atom is -0.383 e. The fourth-order valence-electron chi connectivity index (χ4n) is 11.9. The molecular weight excluding hydrogens is 1410 g/mol. The summed E-state index contributed by atoms with van der Waals surface area (Å²) in [4.78, 5) is 62.7. The maximum absolute atomic E-state index is 15.3. The number of aromatic nitrogens is 2. The number of hydrogen-bond acceptors (Lipinski definition) is 10. The van der Waals surface area contributed by atoms with E-state index in [1.807, 2.05) is 12.1 Å². The standard InChI is InChI=1S/C41H40F5N3O3S.C40H38F5N3O3S/c1-27-6-15-36-34(22-27)37(50)23-39(53-26-31-4-3-5-35(42)40(31)43)49(36)25-38(51)48(33-16-18-47(19-17-33)20-21-52-2)24-28-7-9-29(10-8-28)30-11-13-32(14-12-30)41(44,45)46;1-51-22-21-46-19-17-32(18-20-46)47(24-27-9-11-28(12-10-27)29-13-15-31(16-14-29)40(43,44)45)37(50)25-48-35-8-3-2-6-33(35)36(49)23-38(48)52-26-30-5-4-7-34(41)39(30)42/h3-15,22-23,33H,16-21,24-26H2,1-2H3;2-16,23,32H,17-22,24-26H2,1H3/i3D,4D,5D,6D,7D,8D,9D,10D,11D,12D,13D,14D,15D,20D2,22D,23D;21D2. The number of methoxy groups -OCH3 is 2. The van der Waals surface area contributed by atoms with E-state index in [1.165, 1.54) is 56.4 Å². The van der Waals surface area contributed by atoms with Gasteiger partial charge in [0.05, 0.1) is 66.0 Å². The van der Waals surface area contributed by atoms with Crippen LogP contribution in [-0.4, -0.2) is 119 Å². The number of ether oxygens (including phenoxy) is 2. The van der Waals surface area contributed by atoms with Crippen LogP contribution in [0, 0.1) is 30.2 Å². The zero-order valence-corrected chi connectivity index (χ0v) is 58.1. The second-order valence-electron chi connectivity index (χ2n) is 24.3. The minimum atomic E-state index is -5.35. The zero-order valence-electron chi connectivity index (χ0n) is 75.4. The average molecular weight is 1500 g/mol. The summed E-state index contributed by atoms with van der Waals surface area (Å²) in [5, 5.41) is -0.320. The molecule has 0 bridgehead atoms. The smallest absolute Gasteiger partial charge is 0.383 e. The minimum absolute atomic E-state index is 0.00644. The monoisotopic (exact) mass is 1500 g/mol. The van der Waals surface area contributed by atoms with Crippen molar-refractivity contribution >= 4 is 57.1 Å². The summed E-state index contributed by atoms with van der Waals surface area (Å²) in [6, 6.07) is 7.49. The van der Waals surface area contributed by atoms with Crippen molar-refractivity contribution < 1.29 is 89.0 Å². The van der Waals surface area contributed by atoms with Gasteiger partial charge in [-0.3, -0.25) is 19.2 Å². The number of piperidine rings is 2. The highest BCUT2D eigenvalue weighted by molar-refractivity contribution is 7.98. The van der Waals surface area contributed by atoms with Crippen LogP contribution in [-0.2, 0) is 69.1 Å². The Balaban J connectivity index is 0.000000249. The molecule has 0 aliphatic carbocycles. The molecule has 4 heterocycles. The summed E-state index contributed by atoms with van der Waals surface area (Å²) < 4.78 is 314. The topological polar surface area (TPSA) is 110 Å². The number of benzene rings is 8. The first-order chi connectivity index (χ1) is 58.2. The number of hydrogen-bond donors (Lipinski definition) is 0. The summed E-state index contributed by atoms with van der Waals surface area (Å²) in [5.41, 5.74) is -5.28. The molecule has 8 aromatic carbocycles. The van der Waals surface area contributed by atoms with Crippen molar-refractivity contribution in [3.05, 3.63) is 270 Å². The molecule has 0 saturated carbocycles. The van der Waals surface area contributed by atoms with E-state index in [-0.39, 0.29) is 86.5 Å². The molecule has 2 aliphatic heterocycles. The second kappa shape index (κ2) is 34.9. The molecule has 0 radical (unpaired) electrons. The Hall–Kier alpha value is -9.04. The van der Waals surface area contributed by atoms with Gasteiger partial charge in [-0.15, -0.1) is 23.5 Å². The zero-order chi connectivity index (χ0) is 91.2. The van der Waals surface area contributed by atoms with E-state index in [9.17, 15) is 53.9 Å². The van der Waals surface area contributed by atoms with E-state index in [0.29, 0.717) is 64.7 Å². The van der Waals surface area contributed by atoms with Crippen molar-refractivity contribution in [2.75, 3.05) is 66.6 Å². The van der Waals surface area contributed by atoms with Gasteiger partial charge in [-0.05, 0) is 127 Å². The number of nitrogens with zero attached hydrogens (tertiary/aromatic N) is 6. The molecule has 0 unspecified atom stereocenters. The Bertz CT molecular complexity index is 5840. The van der Waals surface area contributed by atoms with Crippen LogP contribution in [0.15, 0.2) is 207 Å². The normalized spacial score (nSPS) is 17.0. The van der Waals surface area contributed by atoms with Gasteiger partial charge in [0, 0.05) is 130 Å². The molecule has 105 heavy (non-hydrogen) atoms. The largest absolute Gasteiger partial charge is 0.416 e. The lowest BCUT2D eigenvalue weighted by Crippen LogP contribution is -2.48. The van der Waals surface area contributed by atoms with Gasteiger partial charge in [-0.25, -0.2) is 17.6 Å². The summed E-state index contributed by atoms with van der Waals surface area (Å²) in [7, 11) is 2.72. The van der Waals surface area contributed by atoms with Gasteiger partial charge in [0.15, 0.2) is 34.1 Å². The highest BCUT2D eigenvalue weighted by atomic mass is 32.2. The third-order valence-corrected chi connectivity index (χ3v) is 19.5. The first-order valence-corrected chi connectivity index (χ1v) is 34.6. The number of carbonyl (C=O) groups is 2. The first kappa shape index (κ1) is 55.4. The van der Waals surface area contributed by atoms with Crippen LogP contribution in [0.4, 0.5) is 43.9 Å². The Kier molecular flexibility index (Phi) is 18.4. The Labute approximate surface area is 636 Å². The van der Waals surface area contributed by atoms with Gasteiger partial charge in [0.2, 0.25) is 11.8 Å². The molecule has 12 nitrogen and oxygen atoms in total. The molecule has 2 fully saturated rings. The van der Waals surface area contributed by atoms with Gasteiger partial charge < -0.3 is 38.2 Å². The molecule has 0 atom stereocenters. The second-order valence-corrected chi connectivity index (χ2v) is 26.3. The summed E-state index contributed by atoms with van der Waals surface area (Å²) in [6.07, 6.45) is -8.91. The van der Waals surface area contributed by atoms with Gasteiger partial charge in [-0.2, -0.15) is 26.3 Å². The highest BCUT2D eigenvalue weighted by Gasteiger charge is 2.34. The number of fused-ring (bicyclic) bond motifs is 2. The molecule has 2 aliphatic rings. The molecule has 550 valence electrons. The Morgan fingerprint density at radius 2 is 1.05 bits per heavy atom. The van der Waals surface area contributed by atoms with Gasteiger partial charge in [0.25, 0.3) is 0 Å². The Morgan fingerprint density at radius 1 is 0.524 bits per heavy atom. The quantitative estimate of drug-likeness (QED) is 0.0428. The molecule has 2 saturated heterocycles. The van der Waals surface area contributed by atoms with Crippen LogP contribution in [0.2, 0.25) is 0 Å². The highest BCUT2D eigenvalue weighted by Crippen LogP contribution is 2.36. The van der Waals surface area contributed by atoms with Crippen molar-refractivity contribution in [2.24, 2.45) is 0 Å². The van der Waals surface area contributed by atoms with Crippen LogP contribution >= 0.6 is 23.5 Å². The number of likely N-dealkylation sites (tertiary alicyclic amines) is 2. The number of alkyl halides is 6. The van der Waals surface area contributed by atoms with Crippen molar-refractivity contribution in [1.29, 1.82) is 0 Å². The van der Waals surface area contributed by atoms with E-state index >= 15 is 9.18 Å². The van der Waals surface area contributed by atoms with Gasteiger partial charge in [-0.1, -0.05) is 121 Å². The van der Waals surface area contributed by atoms with Crippen molar-refractivity contribution in [1.82, 2.24) is 28.7 Å². The predicted octanol–water partition coefficient (Wildman–Crippen LogP) is 17.1. The number of amides is 2. The van der Waals surface area contributed by atoms with Crippen LogP contribution in [0.5, 0.6) is 0 Å². The number of carbonyl (C=O) groups excluding carboxylic acids is 2. The van der Waals surface area contributed by atoms with Gasteiger partial charge >= 0.3 is 12.4 Å². The fourth-order valence-corrected chi connectivity index (χ4v) is 13.9. The third-order valence-electron chi connectivity index (χ3n) is 17.4. The van der Waals surface area contributed by atoms with Crippen LogP contribution < -0.4 is 10.9 Å². The number of halogens is 10. The predicted molar refractivity (Wildman–Crippen MR) is 391 cm³/mol. The molecule has 12 rings (SSSR count).